The number of rotatable bonds is 11. The Morgan fingerprint density at radius 1 is 1.20 bits per heavy atom. The van der Waals surface area contributed by atoms with Crippen LogP contribution in [0.3, 0.4) is 0 Å². The lowest BCUT2D eigenvalue weighted by Gasteiger charge is -2.22. The first-order valence-electron chi connectivity index (χ1n) is 13.7. The van der Waals surface area contributed by atoms with Gasteiger partial charge in [0.25, 0.3) is 0 Å². The number of benzene rings is 1. The average Bonchev–Trinajstić information content (AvgIpc) is 3.15. The SMILES string of the molecule is C=C/C=C(\C=C/Cc1cccc(OC(F)(F)F)c1)C(/Nc1cc(C(=O)O)nn1C=O)=C(/C)C1CCCCCC1.CC. The fraction of sp³-hybridized carbons (Fsp3) is 0.387. The molecule has 1 fully saturated rings. The number of hydrogen-bond donors (Lipinski definition) is 2. The minimum Gasteiger partial charge on any atom is -0.476 e. The van der Waals surface area contributed by atoms with E-state index in [2.05, 4.69) is 21.7 Å². The predicted molar refractivity (Wildman–Crippen MR) is 154 cm³/mol. The summed E-state index contributed by atoms with van der Waals surface area (Å²) in [6, 6.07) is 7.06. The van der Waals surface area contributed by atoms with Crippen LogP contribution in [0, 0.1) is 5.92 Å². The number of carboxylic acids is 1. The summed E-state index contributed by atoms with van der Waals surface area (Å²) in [7, 11) is 0. The molecule has 0 spiro atoms. The van der Waals surface area contributed by atoms with Crippen LogP contribution in [0.15, 0.2) is 78.1 Å². The molecule has 0 bridgehead atoms. The summed E-state index contributed by atoms with van der Waals surface area (Å²) in [4.78, 5) is 23.1. The number of carbonyl (C=O) groups excluding carboxylic acids is 1. The molecular weight excluding hydrogens is 535 g/mol. The number of aromatic nitrogens is 2. The molecule has 0 aliphatic heterocycles. The molecule has 1 aliphatic rings. The van der Waals surface area contributed by atoms with Crippen LogP contribution in [0.25, 0.3) is 0 Å². The van der Waals surface area contributed by atoms with Crippen molar-refractivity contribution in [1.82, 2.24) is 9.78 Å². The number of anilines is 1. The Kier molecular flexibility index (Phi) is 13.1. The topological polar surface area (TPSA) is 93.4 Å². The fourth-order valence-corrected chi connectivity index (χ4v) is 4.66. The quantitative estimate of drug-likeness (QED) is 0.160. The minimum atomic E-state index is -4.77. The molecule has 0 amide bonds. The van der Waals surface area contributed by atoms with Gasteiger partial charge in [-0.05, 0) is 60.9 Å². The molecule has 1 aromatic heterocycles. The second-order valence-corrected chi connectivity index (χ2v) is 9.30. The first-order valence-corrected chi connectivity index (χ1v) is 13.7. The van der Waals surface area contributed by atoms with Gasteiger partial charge in [-0.15, -0.1) is 13.2 Å². The largest absolute Gasteiger partial charge is 0.573 e. The van der Waals surface area contributed by atoms with Crippen molar-refractivity contribution in [3.8, 4) is 5.75 Å². The van der Waals surface area contributed by atoms with E-state index in [0.29, 0.717) is 29.7 Å². The second-order valence-electron chi connectivity index (χ2n) is 9.30. The molecule has 3 rings (SSSR count). The highest BCUT2D eigenvalue weighted by Crippen LogP contribution is 2.33. The van der Waals surface area contributed by atoms with Gasteiger partial charge in [0, 0.05) is 11.8 Å². The van der Waals surface area contributed by atoms with Crippen LogP contribution >= 0.6 is 0 Å². The third-order valence-electron chi connectivity index (χ3n) is 6.54. The van der Waals surface area contributed by atoms with Crippen molar-refractivity contribution in [2.45, 2.75) is 72.1 Å². The molecular formula is C31H38F3N3O4. The number of carbonyl (C=O) groups is 2. The summed E-state index contributed by atoms with van der Waals surface area (Å²) < 4.78 is 42.8. The maximum absolute atomic E-state index is 12.6. The number of ether oxygens (including phenoxy) is 1. The standard InChI is InChI=1S/C29H32F3N3O4.C2H6/c1-3-10-23(15-8-11-21-12-9-16-24(17-21)39-29(30,31)32)27(20(2)22-13-6-4-5-7-14-22)33-26-18-25(28(37)38)34-35(26)19-36;1-2/h3,8-10,12,15-19,22,33H,1,4-7,11,13-14H2,2H3,(H,37,38);1-2H3/b15-8-,23-10+,27-20+;. The van der Waals surface area contributed by atoms with E-state index in [1.807, 2.05) is 32.9 Å². The zero-order chi connectivity index (χ0) is 30.4. The van der Waals surface area contributed by atoms with Gasteiger partial charge >= 0.3 is 12.3 Å². The number of carboxylic acid groups (broad SMARTS) is 1. The van der Waals surface area contributed by atoms with E-state index in [-0.39, 0.29) is 23.2 Å². The fourth-order valence-electron chi connectivity index (χ4n) is 4.66. The number of nitrogens with one attached hydrogen (secondary N) is 1. The van der Waals surface area contributed by atoms with E-state index in [9.17, 15) is 27.9 Å². The van der Waals surface area contributed by atoms with E-state index in [1.54, 1.807) is 18.2 Å². The van der Waals surface area contributed by atoms with Gasteiger partial charge in [0.05, 0.1) is 0 Å². The molecule has 2 aromatic rings. The lowest BCUT2D eigenvalue weighted by atomic mass is 9.89. The van der Waals surface area contributed by atoms with E-state index < -0.39 is 12.3 Å². The highest BCUT2D eigenvalue weighted by atomic mass is 19.4. The van der Waals surface area contributed by atoms with E-state index in [0.717, 1.165) is 35.9 Å². The van der Waals surface area contributed by atoms with Crippen LogP contribution < -0.4 is 10.1 Å². The van der Waals surface area contributed by atoms with Crippen molar-refractivity contribution in [1.29, 1.82) is 0 Å². The molecule has 41 heavy (non-hydrogen) atoms. The third kappa shape index (κ3) is 10.4. The number of aromatic carboxylic acids is 1. The van der Waals surface area contributed by atoms with Crippen LogP contribution in [0.4, 0.5) is 19.0 Å². The maximum atomic E-state index is 12.6. The van der Waals surface area contributed by atoms with Crippen LogP contribution in [0.2, 0.25) is 0 Å². The van der Waals surface area contributed by atoms with E-state index >= 15 is 0 Å². The number of alkyl halides is 3. The summed E-state index contributed by atoms with van der Waals surface area (Å²) in [5.74, 6) is -1.08. The summed E-state index contributed by atoms with van der Waals surface area (Å²) in [6.07, 6.45) is 9.52. The van der Waals surface area contributed by atoms with Crippen molar-refractivity contribution in [3.05, 3.63) is 89.3 Å². The van der Waals surface area contributed by atoms with Crippen molar-refractivity contribution in [2.24, 2.45) is 5.92 Å². The molecule has 1 saturated carbocycles. The highest BCUT2D eigenvalue weighted by Gasteiger charge is 2.31. The Hall–Kier alpha value is -4.08. The lowest BCUT2D eigenvalue weighted by Crippen LogP contribution is -2.17. The lowest BCUT2D eigenvalue weighted by molar-refractivity contribution is -0.274. The van der Waals surface area contributed by atoms with Crippen LogP contribution in [0.1, 0.15) is 75.3 Å². The van der Waals surface area contributed by atoms with Gasteiger partial charge < -0.3 is 15.2 Å². The van der Waals surface area contributed by atoms with Crippen LogP contribution in [-0.2, 0) is 11.2 Å². The van der Waals surface area contributed by atoms with Crippen molar-refractivity contribution in [2.75, 3.05) is 5.32 Å². The molecule has 222 valence electrons. The Morgan fingerprint density at radius 2 is 1.88 bits per heavy atom. The molecule has 1 aliphatic carbocycles. The van der Waals surface area contributed by atoms with Crippen molar-refractivity contribution < 1.29 is 32.6 Å². The first-order chi connectivity index (χ1) is 19.6. The maximum Gasteiger partial charge on any atom is 0.573 e. The van der Waals surface area contributed by atoms with Crippen LogP contribution in [-0.4, -0.2) is 33.6 Å². The predicted octanol–water partition coefficient (Wildman–Crippen LogP) is 8.11. The number of hydrogen-bond acceptors (Lipinski definition) is 5. The molecule has 7 nitrogen and oxygen atoms in total. The number of nitrogens with zero attached hydrogens (tertiary/aromatic N) is 2. The minimum absolute atomic E-state index is 0.200. The first kappa shape index (κ1) is 33.1. The van der Waals surface area contributed by atoms with Gasteiger partial charge in [0.2, 0.25) is 6.41 Å². The highest BCUT2D eigenvalue weighted by molar-refractivity contribution is 5.87. The number of allylic oxidation sites excluding steroid dienone is 5. The smallest absolute Gasteiger partial charge is 0.476 e. The average molecular weight is 574 g/mol. The van der Waals surface area contributed by atoms with Gasteiger partial charge in [-0.2, -0.15) is 9.78 Å². The molecule has 1 heterocycles. The molecule has 0 unspecified atom stereocenters. The monoisotopic (exact) mass is 573 g/mol. The van der Waals surface area contributed by atoms with Gasteiger partial charge in [-0.3, -0.25) is 4.79 Å². The number of halogens is 3. The second kappa shape index (κ2) is 16.2. The molecule has 0 radical (unpaired) electrons. The Labute approximate surface area is 239 Å². The van der Waals surface area contributed by atoms with Crippen molar-refractivity contribution in [3.63, 3.8) is 0 Å². The third-order valence-corrected chi connectivity index (χ3v) is 6.54. The van der Waals surface area contributed by atoms with Gasteiger partial charge in [-0.1, -0.05) is 82.5 Å². The normalized spacial score (nSPS) is 15.3. The van der Waals surface area contributed by atoms with E-state index in [1.165, 1.54) is 37.1 Å². The Bertz CT molecular complexity index is 1270. The zero-order valence-electron chi connectivity index (χ0n) is 23.7. The van der Waals surface area contributed by atoms with Gasteiger partial charge in [0.15, 0.2) is 5.69 Å². The van der Waals surface area contributed by atoms with Crippen molar-refractivity contribution >= 4 is 18.2 Å². The Balaban J connectivity index is 0.00000287. The zero-order valence-corrected chi connectivity index (χ0v) is 23.7. The Morgan fingerprint density at radius 3 is 2.46 bits per heavy atom. The van der Waals surface area contributed by atoms with Gasteiger partial charge in [-0.25, -0.2) is 4.79 Å². The molecule has 0 saturated heterocycles. The van der Waals surface area contributed by atoms with Gasteiger partial charge in [0.1, 0.15) is 11.6 Å². The summed E-state index contributed by atoms with van der Waals surface area (Å²) in [6.45, 7) is 9.83. The molecule has 1 aromatic carbocycles. The summed E-state index contributed by atoms with van der Waals surface area (Å²) in [5.41, 5.74) is 2.79. The van der Waals surface area contributed by atoms with Crippen LogP contribution in [0.5, 0.6) is 5.75 Å². The molecule has 2 N–H and O–H groups in total. The summed E-state index contributed by atoms with van der Waals surface area (Å²) >= 11 is 0. The molecule has 0 atom stereocenters. The molecule has 10 heteroatoms. The summed E-state index contributed by atoms with van der Waals surface area (Å²) in [5, 5.41) is 16.4. The van der Waals surface area contributed by atoms with E-state index in [4.69, 9.17) is 0 Å².